The minimum atomic E-state index is 0.147. The second-order valence-corrected chi connectivity index (χ2v) is 4.28. The highest BCUT2D eigenvalue weighted by Crippen LogP contribution is 2.13. The number of likely N-dealkylation sites (N-methyl/N-ethyl adjacent to an activating group) is 1. The van der Waals surface area contributed by atoms with Crippen LogP contribution in [-0.2, 0) is 0 Å². The van der Waals surface area contributed by atoms with E-state index in [0.29, 0.717) is 12.5 Å². The van der Waals surface area contributed by atoms with Crippen LogP contribution in [0.5, 0.6) is 0 Å². The Hall–Kier alpha value is -0.590. The van der Waals surface area contributed by atoms with Gasteiger partial charge < -0.3 is 10.2 Å². The minimum absolute atomic E-state index is 0.147. The van der Waals surface area contributed by atoms with Gasteiger partial charge in [-0.2, -0.15) is 5.26 Å². The van der Waals surface area contributed by atoms with Crippen LogP contribution in [0.4, 0.5) is 0 Å². The Bertz CT molecular complexity index is 192. The molecule has 12 heavy (non-hydrogen) atoms. The molecular weight excluding hydrogens is 150 g/mol. The Kier molecular flexibility index (Phi) is 2.71. The van der Waals surface area contributed by atoms with Crippen LogP contribution >= 0.6 is 0 Å². The maximum atomic E-state index is 8.57. The van der Waals surface area contributed by atoms with E-state index < -0.39 is 0 Å². The molecule has 1 unspecified atom stereocenters. The molecular formula is C9H17N3. The summed E-state index contributed by atoms with van der Waals surface area (Å²) in [6.45, 7) is 6.38. The van der Waals surface area contributed by atoms with Gasteiger partial charge in [0, 0.05) is 24.7 Å². The molecule has 1 atom stereocenters. The van der Waals surface area contributed by atoms with E-state index in [9.17, 15) is 0 Å². The van der Waals surface area contributed by atoms with E-state index in [1.807, 2.05) is 0 Å². The zero-order chi connectivity index (χ0) is 9.19. The fourth-order valence-electron chi connectivity index (χ4n) is 1.99. The second-order valence-electron chi connectivity index (χ2n) is 4.28. The van der Waals surface area contributed by atoms with E-state index in [-0.39, 0.29) is 5.54 Å². The Morgan fingerprint density at radius 2 is 2.33 bits per heavy atom. The molecule has 3 nitrogen and oxygen atoms in total. The lowest BCUT2D eigenvalue weighted by molar-refractivity contribution is 0.144. The lowest BCUT2D eigenvalue weighted by Gasteiger charge is -2.41. The van der Waals surface area contributed by atoms with Gasteiger partial charge >= 0.3 is 0 Å². The predicted octanol–water partition coefficient (Wildman–Crippen LogP) is 0.582. The molecule has 1 saturated heterocycles. The van der Waals surface area contributed by atoms with Gasteiger partial charge in [-0.25, -0.2) is 0 Å². The van der Waals surface area contributed by atoms with Gasteiger partial charge in [-0.3, -0.25) is 0 Å². The maximum absolute atomic E-state index is 8.57. The van der Waals surface area contributed by atoms with Crippen molar-refractivity contribution in [1.82, 2.24) is 10.2 Å². The van der Waals surface area contributed by atoms with Gasteiger partial charge in [-0.15, -0.1) is 0 Å². The summed E-state index contributed by atoms with van der Waals surface area (Å²) in [5.74, 6) is 0. The van der Waals surface area contributed by atoms with Crippen molar-refractivity contribution in [2.45, 2.75) is 31.8 Å². The number of piperazine rings is 1. The van der Waals surface area contributed by atoms with E-state index in [4.69, 9.17) is 5.26 Å². The Morgan fingerprint density at radius 1 is 1.67 bits per heavy atom. The smallest absolute Gasteiger partial charge is 0.0638 e. The topological polar surface area (TPSA) is 39.1 Å². The van der Waals surface area contributed by atoms with Gasteiger partial charge in [0.2, 0.25) is 0 Å². The van der Waals surface area contributed by atoms with E-state index >= 15 is 0 Å². The molecule has 0 amide bonds. The molecule has 0 aromatic rings. The highest BCUT2D eigenvalue weighted by molar-refractivity contribution is 4.94. The average molecular weight is 167 g/mol. The van der Waals surface area contributed by atoms with Gasteiger partial charge in [-0.05, 0) is 20.9 Å². The molecule has 0 saturated carbocycles. The third-order valence-corrected chi connectivity index (χ3v) is 2.13. The van der Waals surface area contributed by atoms with Gasteiger partial charge in [0.15, 0.2) is 0 Å². The van der Waals surface area contributed by atoms with Gasteiger partial charge in [0.25, 0.3) is 0 Å². The Morgan fingerprint density at radius 3 is 2.83 bits per heavy atom. The average Bonchev–Trinajstić information content (AvgIpc) is 1.82. The lowest BCUT2D eigenvalue weighted by atomic mass is 9.98. The van der Waals surface area contributed by atoms with Crippen LogP contribution < -0.4 is 5.32 Å². The van der Waals surface area contributed by atoms with E-state index in [0.717, 1.165) is 13.1 Å². The molecule has 0 radical (unpaired) electrons. The highest BCUT2D eigenvalue weighted by Gasteiger charge is 2.29. The number of nitriles is 1. The number of rotatable bonds is 1. The molecule has 3 heteroatoms. The molecule has 0 aliphatic carbocycles. The van der Waals surface area contributed by atoms with Crippen LogP contribution in [0, 0.1) is 11.3 Å². The van der Waals surface area contributed by atoms with Crippen molar-refractivity contribution in [2.75, 3.05) is 20.1 Å². The number of nitrogens with zero attached hydrogens (tertiary/aromatic N) is 2. The van der Waals surface area contributed by atoms with Crippen LogP contribution in [0.2, 0.25) is 0 Å². The first-order chi connectivity index (χ1) is 5.53. The largest absolute Gasteiger partial charge is 0.305 e. The van der Waals surface area contributed by atoms with Crippen molar-refractivity contribution in [3.05, 3.63) is 0 Å². The summed E-state index contributed by atoms with van der Waals surface area (Å²) in [6.07, 6.45) is 0.605. The first-order valence-electron chi connectivity index (χ1n) is 4.37. The lowest BCUT2D eigenvalue weighted by Crippen LogP contribution is -2.60. The second kappa shape index (κ2) is 3.42. The summed E-state index contributed by atoms with van der Waals surface area (Å²) >= 11 is 0. The van der Waals surface area contributed by atoms with Gasteiger partial charge in [-0.1, -0.05) is 0 Å². The SMILES string of the molecule is CN1CC(CC#N)NC(C)(C)C1. The summed E-state index contributed by atoms with van der Waals surface area (Å²) in [5, 5.41) is 12.0. The number of nitrogens with one attached hydrogen (secondary N) is 1. The Labute approximate surface area is 74.4 Å². The van der Waals surface area contributed by atoms with E-state index in [1.165, 1.54) is 0 Å². The summed E-state index contributed by atoms with van der Waals surface area (Å²) in [6, 6.07) is 2.54. The zero-order valence-electron chi connectivity index (χ0n) is 8.09. The molecule has 1 aliphatic rings. The first kappa shape index (κ1) is 9.50. The molecule has 0 aromatic carbocycles. The van der Waals surface area contributed by atoms with Crippen molar-refractivity contribution in [3.8, 4) is 6.07 Å². The fourth-order valence-corrected chi connectivity index (χ4v) is 1.99. The third-order valence-electron chi connectivity index (χ3n) is 2.13. The van der Waals surface area contributed by atoms with Crippen LogP contribution in [0.15, 0.2) is 0 Å². The van der Waals surface area contributed by atoms with Crippen LogP contribution in [0.3, 0.4) is 0 Å². The molecule has 1 fully saturated rings. The quantitative estimate of drug-likeness (QED) is 0.621. The van der Waals surface area contributed by atoms with Crippen molar-refractivity contribution in [3.63, 3.8) is 0 Å². The van der Waals surface area contributed by atoms with Gasteiger partial charge in [0.05, 0.1) is 12.5 Å². The summed E-state index contributed by atoms with van der Waals surface area (Å²) in [7, 11) is 2.10. The van der Waals surface area contributed by atoms with Crippen molar-refractivity contribution < 1.29 is 0 Å². The molecule has 1 N–H and O–H groups in total. The van der Waals surface area contributed by atoms with Crippen molar-refractivity contribution in [1.29, 1.82) is 5.26 Å². The fraction of sp³-hybridized carbons (Fsp3) is 0.889. The minimum Gasteiger partial charge on any atom is -0.305 e. The highest BCUT2D eigenvalue weighted by atomic mass is 15.2. The van der Waals surface area contributed by atoms with Gasteiger partial charge in [0.1, 0.15) is 0 Å². The molecule has 0 bridgehead atoms. The maximum Gasteiger partial charge on any atom is 0.0638 e. The standard InChI is InChI=1S/C9H17N3/c1-9(2)7-12(3)6-8(11-9)4-5-10/h8,11H,4,6-7H2,1-3H3. The molecule has 1 aliphatic heterocycles. The van der Waals surface area contributed by atoms with E-state index in [1.54, 1.807) is 0 Å². The van der Waals surface area contributed by atoms with Crippen LogP contribution in [0.1, 0.15) is 20.3 Å². The van der Waals surface area contributed by atoms with Crippen LogP contribution in [0.25, 0.3) is 0 Å². The molecule has 1 rings (SSSR count). The molecule has 0 aromatic heterocycles. The molecule has 0 spiro atoms. The number of hydrogen-bond acceptors (Lipinski definition) is 3. The first-order valence-corrected chi connectivity index (χ1v) is 4.37. The van der Waals surface area contributed by atoms with Crippen molar-refractivity contribution >= 4 is 0 Å². The summed E-state index contributed by atoms with van der Waals surface area (Å²) in [4.78, 5) is 2.28. The zero-order valence-corrected chi connectivity index (χ0v) is 8.09. The molecule has 68 valence electrons. The van der Waals surface area contributed by atoms with Crippen LogP contribution in [-0.4, -0.2) is 36.6 Å². The molecule has 1 heterocycles. The third kappa shape index (κ3) is 2.47. The number of hydrogen-bond donors (Lipinski definition) is 1. The summed E-state index contributed by atoms with van der Waals surface area (Å²) < 4.78 is 0. The Balaban J connectivity index is 2.53. The van der Waals surface area contributed by atoms with E-state index in [2.05, 4.69) is 37.2 Å². The monoisotopic (exact) mass is 167 g/mol. The summed E-state index contributed by atoms with van der Waals surface area (Å²) in [5.41, 5.74) is 0.147. The predicted molar refractivity (Wildman–Crippen MR) is 48.7 cm³/mol. The van der Waals surface area contributed by atoms with Crippen molar-refractivity contribution in [2.24, 2.45) is 0 Å². The normalized spacial score (nSPS) is 29.7.